The molecule has 1 N–H and O–H groups in total. The largest absolute Gasteiger partial charge is 0.419 e. The van der Waals surface area contributed by atoms with Crippen molar-refractivity contribution >= 4 is 27.3 Å². The minimum Gasteiger partial charge on any atom is -0.419 e. The highest BCUT2D eigenvalue weighted by Crippen LogP contribution is 2.32. The van der Waals surface area contributed by atoms with Gasteiger partial charge in [0, 0.05) is 17.1 Å². The molecule has 0 saturated heterocycles. The molecular weight excluding hydrogens is 420 g/mol. The van der Waals surface area contributed by atoms with Gasteiger partial charge in [-0.2, -0.15) is 4.98 Å². The molecule has 1 aromatic heterocycles. The molecule has 0 fully saturated rings. The van der Waals surface area contributed by atoms with Gasteiger partial charge in [0.1, 0.15) is 0 Å². The van der Waals surface area contributed by atoms with E-state index in [-0.39, 0.29) is 21.7 Å². The van der Waals surface area contributed by atoms with Crippen molar-refractivity contribution in [1.29, 1.82) is 0 Å². The summed E-state index contributed by atoms with van der Waals surface area (Å²) in [6.07, 6.45) is 0.711. The molecule has 0 radical (unpaired) electrons. The number of aromatic nitrogens is 1. The van der Waals surface area contributed by atoms with Crippen LogP contribution in [-0.4, -0.2) is 19.9 Å². The van der Waals surface area contributed by atoms with Crippen LogP contribution >= 0.6 is 11.6 Å². The highest BCUT2D eigenvalue weighted by atomic mass is 35.5. The lowest BCUT2D eigenvalue weighted by Gasteiger charge is -2.06. The number of anilines is 1. The van der Waals surface area contributed by atoms with E-state index in [4.69, 9.17) is 16.0 Å². The first-order valence-corrected chi connectivity index (χ1v) is 11.2. The molecule has 30 heavy (non-hydrogen) atoms. The van der Waals surface area contributed by atoms with Gasteiger partial charge in [0.15, 0.2) is 0 Å². The molecule has 0 unspecified atom stereocenters. The number of nitrogens with zero attached hydrogens (tertiary/aromatic N) is 1. The number of hydrogen-bond donors (Lipinski definition) is 1. The Morgan fingerprint density at radius 1 is 0.867 bits per heavy atom. The molecule has 4 rings (SSSR count). The lowest BCUT2D eigenvalue weighted by molar-refractivity contribution is 0.577. The van der Waals surface area contributed by atoms with Crippen molar-refractivity contribution < 1.29 is 12.8 Å². The molecule has 5 nitrogen and oxygen atoms in total. The second-order valence-electron chi connectivity index (χ2n) is 6.64. The van der Waals surface area contributed by atoms with E-state index in [9.17, 15) is 8.42 Å². The minimum atomic E-state index is -3.89. The van der Waals surface area contributed by atoms with Crippen LogP contribution in [-0.2, 0) is 16.3 Å². The zero-order chi connectivity index (χ0) is 21.0. The van der Waals surface area contributed by atoms with E-state index in [0.29, 0.717) is 23.6 Å². The fourth-order valence-corrected chi connectivity index (χ4v) is 4.40. The second-order valence-corrected chi connectivity index (χ2v) is 8.94. The van der Waals surface area contributed by atoms with E-state index in [1.807, 2.05) is 60.7 Å². The molecular formula is C23H19ClN2O3S. The van der Waals surface area contributed by atoms with E-state index >= 15 is 0 Å². The Kier molecular flexibility index (Phi) is 5.88. The van der Waals surface area contributed by atoms with Crippen LogP contribution < -0.4 is 5.32 Å². The maximum atomic E-state index is 13.2. The predicted octanol–water partition coefficient (Wildman–Crippen LogP) is 5.48. The number of oxazole rings is 1. The highest BCUT2D eigenvalue weighted by Gasteiger charge is 2.28. The molecule has 0 saturated carbocycles. The summed E-state index contributed by atoms with van der Waals surface area (Å²) in [5.41, 5.74) is 1.83. The van der Waals surface area contributed by atoms with Crippen molar-refractivity contribution in [2.75, 3.05) is 11.9 Å². The van der Waals surface area contributed by atoms with Gasteiger partial charge in [-0.3, -0.25) is 0 Å². The third kappa shape index (κ3) is 4.40. The lowest BCUT2D eigenvalue weighted by Crippen LogP contribution is -2.09. The molecule has 0 aliphatic carbocycles. The standard InChI is InChI=1S/C23H19ClN2O3S/c24-19-11-13-20(14-12-19)30(27,28)23-22(25-16-15-17-7-3-1-4-8-17)29-21(26-23)18-9-5-2-6-10-18/h1-14,25H,15-16H2. The summed E-state index contributed by atoms with van der Waals surface area (Å²) in [5, 5.41) is 3.42. The van der Waals surface area contributed by atoms with Gasteiger partial charge in [0.2, 0.25) is 26.6 Å². The van der Waals surface area contributed by atoms with Crippen molar-refractivity contribution in [3.63, 3.8) is 0 Å². The van der Waals surface area contributed by atoms with Crippen LogP contribution in [0, 0.1) is 0 Å². The second kappa shape index (κ2) is 8.73. The summed E-state index contributed by atoms with van der Waals surface area (Å²) in [6.45, 7) is 0.497. The SMILES string of the molecule is O=S(=O)(c1ccc(Cl)cc1)c1nc(-c2ccccc2)oc1NCCc1ccccc1. The van der Waals surface area contributed by atoms with Crippen LogP contribution in [0.1, 0.15) is 5.56 Å². The first kappa shape index (κ1) is 20.2. The average Bonchev–Trinajstić information content (AvgIpc) is 3.21. The smallest absolute Gasteiger partial charge is 0.233 e. The third-order valence-corrected chi connectivity index (χ3v) is 6.47. The summed E-state index contributed by atoms with van der Waals surface area (Å²) in [4.78, 5) is 4.43. The lowest BCUT2D eigenvalue weighted by atomic mass is 10.1. The Balaban J connectivity index is 1.68. The Hall–Kier alpha value is -3.09. The summed E-state index contributed by atoms with van der Waals surface area (Å²) in [6, 6.07) is 25.1. The number of hydrogen-bond acceptors (Lipinski definition) is 5. The van der Waals surface area contributed by atoms with Crippen LogP contribution in [0.5, 0.6) is 0 Å². The fourth-order valence-electron chi connectivity index (χ4n) is 2.99. The Bertz CT molecular complexity index is 1220. The minimum absolute atomic E-state index is 0.103. The molecule has 0 aliphatic rings. The van der Waals surface area contributed by atoms with E-state index < -0.39 is 9.84 Å². The van der Waals surface area contributed by atoms with Crippen LogP contribution in [0.25, 0.3) is 11.5 Å². The van der Waals surface area contributed by atoms with Crippen molar-refractivity contribution in [3.8, 4) is 11.5 Å². The highest BCUT2D eigenvalue weighted by molar-refractivity contribution is 7.91. The van der Waals surface area contributed by atoms with Crippen LogP contribution in [0.15, 0.2) is 99.3 Å². The van der Waals surface area contributed by atoms with Crippen molar-refractivity contribution in [3.05, 3.63) is 95.5 Å². The number of halogens is 1. The summed E-state index contributed by atoms with van der Waals surface area (Å²) >= 11 is 5.91. The quantitative estimate of drug-likeness (QED) is 0.413. The first-order valence-electron chi connectivity index (χ1n) is 9.39. The van der Waals surface area contributed by atoms with Gasteiger partial charge >= 0.3 is 0 Å². The van der Waals surface area contributed by atoms with Crippen molar-refractivity contribution in [2.45, 2.75) is 16.3 Å². The van der Waals surface area contributed by atoms with Crippen LogP contribution in [0.3, 0.4) is 0 Å². The summed E-state index contributed by atoms with van der Waals surface area (Å²) in [5.74, 6) is 0.366. The summed E-state index contributed by atoms with van der Waals surface area (Å²) < 4.78 is 32.3. The average molecular weight is 439 g/mol. The molecule has 1 heterocycles. The molecule has 0 atom stereocenters. The van der Waals surface area contributed by atoms with Gasteiger partial charge in [-0.25, -0.2) is 8.42 Å². The molecule has 0 spiro atoms. The monoisotopic (exact) mass is 438 g/mol. The number of benzene rings is 3. The van der Waals surface area contributed by atoms with Gasteiger partial charge in [0.05, 0.1) is 4.90 Å². The Morgan fingerprint density at radius 3 is 2.17 bits per heavy atom. The molecule has 3 aromatic carbocycles. The number of rotatable bonds is 7. The summed E-state index contributed by atoms with van der Waals surface area (Å²) in [7, 11) is -3.89. The van der Waals surface area contributed by atoms with E-state index in [0.717, 1.165) is 5.56 Å². The van der Waals surface area contributed by atoms with E-state index in [1.54, 1.807) is 0 Å². The normalized spacial score (nSPS) is 11.4. The first-order chi connectivity index (χ1) is 14.5. The molecule has 0 amide bonds. The third-order valence-electron chi connectivity index (χ3n) is 4.54. The van der Waals surface area contributed by atoms with E-state index in [1.165, 1.54) is 24.3 Å². The molecule has 0 aliphatic heterocycles. The van der Waals surface area contributed by atoms with E-state index in [2.05, 4.69) is 10.3 Å². The van der Waals surface area contributed by atoms with Crippen molar-refractivity contribution in [1.82, 2.24) is 4.98 Å². The van der Waals surface area contributed by atoms with Crippen LogP contribution in [0.2, 0.25) is 5.02 Å². The maximum Gasteiger partial charge on any atom is 0.233 e. The van der Waals surface area contributed by atoms with Gasteiger partial charge in [-0.1, -0.05) is 60.1 Å². The topological polar surface area (TPSA) is 72.2 Å². The number of sulfone groups is 1. The van der Waals surface area contributed by atoms with Gasteiger partial charge in [-0.05, 0) is 48.4 Å². The van der Waals surface area contributed by atoms with Gasteiger partial charge in [0.25, 0.3) is 0 Å². The molecule has 7 heteroatoms. The molecule has 152 valence electrons. The number of nitrogens with one attached hydrogen (secondary N) is 1. The van der Waals surface area contributed by atoms with Crippen molar-refractivity contribution in [2.24, 2.45) is 0 Å². The zero-order valence-corrected chi connectivity index (χ0v) is 17.5. The van der Waals surface area contributed by atoms with Gasteiger partial charge in [-0.15, -0.1) is 0 Å². The Labute approximate surface area is 180 Å². The molecule has 4 aromatic rings. The van der Waals surface area contributed by atoms with Crippen LogP contribution in [0.4, 0.5) is 5.88 Å². The maximum absolute atomic E-state index is 13.2. The molecule has 0 bridgehead atoms. The predicted molar refractivity (Wildman–Crippen MR) is 117 cm³/mol. The fraction of sp³-hybridized carbons (Fsp3) is 0.0870. The van der Waals surface area contributed by atoms with Gasteiger partial charge < -0.3 is 9.73 Å². The Morgan fingerprint density at radius 2 is 1.50 bits per heavy atom. The zero-order valence-electron chi connectivity index (χ0n) is 16.0.